The Labute approximate surface area is 667 Å². The molecule has 0 aromatic heterocycles. The van der Waals surface area contributed by atoms with Crippen LogP contribution < -0.4 is 23.7 Å². The van der Waals surface area contributed by atoms with Crippen molar-refractivity contribution < 1.29 is 119 Å². The van der Waals surface area contributed by atoms with Gasteiger partial charge in [0.25, 0.3) is 0 Å². The molecule has 0 heterocycles. The minimum absolute atomic E-state index is 0.00102. The fraction of sp³-hybridized carbons (Fsp3) is 0.300. The van der Waals surface area contributed by atoms with Gasteiger partial charge >= 0.3 is 54.1 Å². The second-order valence-corrected chi connectivity index (χ2v) is 27.1. The summed E-state index contributed by atoms with van der Waals surface area (Å²) in [6, 6.07) is 18.5. The number of halogens is 6. The zero-order chi connectivity index (χ0) is 84.4. The Kier molecular flexibility index (Phi) is 33.7. The molecule has 552 valence electrons. The van der Waals surface area contributed by atoms with Crippen LogP contribution in [0.25, 0.3) is 0 Å². The van der Waals surface area contributed by atoms with E-state index in [1.165, 1.54) is 30.3 Å². The summed E-state index contributed by atoms with van der Waals surface area (Å²) in [7, 11) is 76.6. The monoisotopic (exact) mass is 1550 g/mol. The fourth-order valence-corrected chi connectivity index (χ4v) is 12.6. The predicted molar refractivity (Wildman–Crippen MR) is 411 cm³/mol. The summed E-state index contributed by atoms with van der Waals surface area (Å²) in [5.41, 5.74) is 2.21. The van der Waals surface area contributed by atoms with Gasteiger partial charge in [-0.25, -0.2) is 50.4 Å². The van der Waals surface area contributed by atoms with Crippen LogP contribution in [0, 0.1) is 0 Å². The molecule has 43 heteroatoms. The lowest BCUT2D eigenvalue weighted by Gasteiger charge is -2.23. The standard InChI is InChI=1S/C40H30B9F3O11S.C30H23B6F3O9S/c41-9-19-1-22(12-44)29(15-47)26(4-19)36(53)60-25-7-32(61-37(54)27-5-20(10-42)2-23(13-45)30(27)16-48)35(39(56)63-34(40(50,51)52)18-64(57,58)59)33(8-25)62-38(55)28-6-21(11-43)3-24(14-46)31(28)17-49;31-8-15-1-18(10-33)24(12-35)22(3-15)28(41)46-20-5-17(27(40)48-26(30(37,38)39)14-49(43,44)45)6-21(7-20)47-29(42)23-4-16(9-32)2-19(11-34)25(23)13-36/h1-8,34H,9-18H2,(H,57,58,59);1-7,26H,8-14H2,(H,43,44,45)/p-2. The summed E-state index contributed by atoms with van der Waals surface area (Å²) >= 11 is 0. The molecule has 0 aliphatic carbocycles. The van der Waals surface area contributed by atoms with Crippen LogP contribution in [0.15, 0.2) is 91.0 Å². The van der Waals surface area contributed by atoms with Gasteiger partial charge in [0, 0.05) is 18.2 Å². The number of alkyl halides is 6. The molecule has 0 aliphatic rings. The van der Waals surface area contributed by atoms with E-state index in [1.807, 2.05) is 0 Å². The van der Waals surface area contributed by atoms with Crippen molar-refractivity contribution in [2.75, 3.05) is 11.5 Å². The van der Waals surface area contributed by atoms with Crippen LogP contribution >= 0.6 is 0 Å². The molecular weight excluding hydrogens is 1500 g/mol. The summed E-state index contributed by atoms with van der Waals surface area (Å²) < 4.78 is 188. The fourth-order valence-electron chi connectivity index (χ4n) is 11.3. The Morgan fingerprint density at radius 1 is 0.301 bits per heavy atom. The summed E-state index contributed by atoms with van der Waals surface area (Å²) in [4.78, 5) is 96.0. The maximum absolute atomic E-state index is 14.2. The molecule has 113 heavy (non-hydrogen) atoms. The number of hydrogen-bond donors (Lipinski definition) is 0. The largest absolute Gasteiger partial charge is 0.748 e. The van der Waals surface area contributed by atoms with Crippen LogP contribution in [0.3, 0.4) is 0 Å². The number of ether oxygens (including phenoxy) is 7. The average Bonchev–Trinajstić information content (AvgIpc) is 0.760. The summed E-state index contributed by atoms with van der Waals surface area (Å²) in [5, 5.41) is 0. The molecule has 30 radical (unpaired) electrons. The average molecular weight is 1550 g/mol. The Morgan fingerprint density at radius 3 is 0.743 bits per heavy atom. The van der Waals surface area contributed by atoms with Gasteiger partial charge < -0.3 is 42.3 Å². The minimum atomic E-state index is -5.73. The number of carbonyl (C=O) groups is 7. The lowest BCUT2D eigenvalue weighted by atomic mass is 9.81. The van der Waals surface area contributed by atoms with Gasteiger partial charge in [0.05, 0.1) is 183 Å². The molecule has 7 aromatic rings. The van der Waals surface area contributed by atoms with Crippen molar-refractivity contribution in [3.8, 4) is 28.7 Å². The first-order chi connectivity index (χ1) is 53.2. The van der Waals surface area contributed by atoms with E-state index < -0.39 is 138 Å². The second kappa shape index (κ2) is 41.0. The third kappa shape index (κ3) is 24.6. The highest BCUT2D eigenvalue weighted by molar-refractivity contribution is 7.86. The first-order valence-electron chi connectivity index (χ1n) is 33.3. The molecule has 0 aliphatic heterocycles. The van der Waals surface area contributed by atoms with Crippen molar-refractivity contribution in [1.82, 2.24) is 0 Å². The van der Waals surface area contributed by atoms with E-state index in [-0.39, 0.29) is 139 Å². The molecule has 0 spiro atoms. The number of hydrogen-bond acceptors (Lipinski definition) is 20. The van der Waals surface area contributed by atoms with Crippen LogP contribution in [-0.4, -0.2) is 221 Å². The normalized spacial score (nSPS) is 12.1. The summed E-state index contributed by atoms with van der Waals surface area (Å²) in [5.74, 6) is -18.3. The molecule has 0 N–H and O–H groups in total. The highest BCUT2D eigenvalue weighted by Gasteiger charge is 2.46. The van der Waals surface area contributed by atoms with Crippen LogP contribution in [0.5, 0.6) is 28.7 Å². The van der Waals surface area contributed by atoms with E-state index in [0.717, 1.165) is 18.2 Å². The quantitative estimate of drug-likeness (QED) is 0.0186. The molecule has 0 saturated heterocycles. The van der Waals surface area contributed by atoms with Gasteiger partial charge in [0.15, 0.2) is 11.5 Å². The lowest BCUT2D eigenvalue weighted by Crippen LogP contribution is -2.39. The molecule has 7 rings (SSSR count). The molecule has 2 atom stereocenters. The molecule has 0 fully saturated rings. The third-order valence-electron chi connectivity index (χ3n) is 16.7. The minimum Gasteiger partial charge on any atom is -0.748 e. The van der Waals surface area contributed by atoms with E-state index in [1.54, 1.807) is 30.3 Å². The predicted octanol–water partition coefficient (Wildman–Crippen LogP) is 3.76. The second-order valence-electron chi connectivity index (χ2n) is 24.2. The van der Waals surface area contributed by atoms with Gasteiger partial charge in [0.1, 0.15) is 22.8 Å². The first kappa shape index (κ1) is 93.1. The van der Waals surface area contributed by atoms with Crippen molar-refractivity contribution in [1.29, 1.82) is 0 Å². The molecule has 20 nitrogen and oxygen atoms in total. The third-order valence-corrected chi connectivity index (χ3v) is 18.2. The number of benzene rings is 7. The van der Waals surface area contributed by atoms with E-state index in [2.05, 4.69) is 9.47 Å². The Bertz CT molecular complexity index is 4790. The lowest BCUT2D eigenvalue weighted by molar-refractivity contribution is -0.197. The van der Waals surface area contributed by atoms with Crippen molar-refractivity contribution in [3.05, 3.63) is 213 Å². The number of carbonyl (C=O) groups excluding carboxylic acids is 7. The Hall–Kier alpha value is -8.80. The van der Waals surface area contributed by atoms with E-state index >= 15 is 0 Å². The highest BCUT2D eigenvalue weighted by Crippen LogP contribution is 2.40. The van der Waals surface area contributed by atoms with E-state index in [9.17, 15) is 85.8 Å². The van der Waals surface area contributed by atoms with Crippen molar-refractivity contribution in [2.45, 2.75) is 119 Å². The highest BCUT2D eigenvalue weighted by atomic mass is 32.2. The van der Waals surface area contributed by atoms with Crippen molar-refractivity contribution in [3.63, 3.8) is 0 Å². The Morgan fingerprint density at radius 2 is 0.531 bits per heavy atom. The number of esters is 7. The molecule has 0 bridgehead atoms. The molecule has 0 saturated carbocycles. The maximum Gasteiger partial charge on any atom is 0.426 e. The summed E-state index contributed by atoms with van der Waals surface area (Å²) in [6.45, 7) is 0. The van der Waals surface area contributed by atoms with Crippen molar-refractivity contribution in [2.24, 2.45) is 0 Å². The summed E-state index contributed by atoms with van der Waals surface area (Å²) in [6.07, 6.45) is -20.1. The maximum atomic E-state index is 14.2. The van der Waals surface area contributed by atoms with Crippen LogP contribution in [0.1, 0.15) is 156 Å². The molecular formula is C70H51B15F6O20S2-2. The van der Waals surface area contributed by atoms with Gasteiger partial charge in [-0.2, -0.15) is 26.3 Å². The van der Waals surface area contributed by atoms with E-state index in [0.29, 0.717) is 78.9 Å². The first-order valence-corrected chi connectivity index (χ1v) is 36.4. The topological polar surface area (TPSA) is 298 Å². The molecule has 0 amide bonds. The molecule has 7 aromatic carbocycles. The smallest absolute Gasteiger partial charge is 0.426 e. The van der Waals surface area contributed by atoms with Gasteiger partial charge in [-0.05, 0) is 70.3 Å². The van der Waals surface area contributed by atoms with Crippen molar-refractivity contribution >= 4 is 180 Å². The van der Waals surface area contributed by atoms with Crippen LogP contribution in [0.4, 0.5) is 26.3 Å². The van der Waals surface area contributed by atoms with Gasteiger partial charge in [-0.3, -0.25) is 0 Å². The zero-order valence-corrected chi connectivity index (χ0v) is 61.4. The van der Waals surface area contributed by atoms with Crippen LogP contribution in [0.2, 0.25) is 0 Å². The number of rotatable bonds is 33. The zero-order valence-electron chi connectivity index (χ0n) is 59.7. The van der Waals surface area contributed by atoms with Gasteiger partial charge in [-0.1, -0.05) is 181 Å². The van der Waals surface area contributed by atoms with E-state index in [4.69, 9.17) is 141 Å². The van der Waals surface area contributed by atoms with Crippen LogP contribution in [-0.2, 0) is 125 Å². The van der Waals surface area contributed by atoms with Gasteiger partial charge in [0.2, 0.25) is 12.2 Å². The Balaban J connectivity index is 0.000000365. The van der Waals surface area contributed by atoms with Gasteiger partial charge in [-0.15, -0.1) is 0 Å². The molecule has 2 unspecified atom stereocenters. The SMILES string of the molecule is [B]Cc1cc(C[B])c(C[B])c(C(=O)Oc2cc(OC(=O)c3cc(C[B])cc(C[B])c3C[B])c(C(=O)OC(CS(=O)(=O)[O-])C(F)(F)F)c(OC(=O)c3cc(C[B])cc(C[B])c3C[B])c2)c1.[B]Cc1cc(C[B])c(C[B])c(C(=O)Oc2cc(OC(=O)c3cc(C[B])cc(C[B])c3C[B])cc(C(=O)OC(CS(=O)(=O)[O-])C(F)(F)F)c2)c1.